The molecule has 0 N–H and O–H groups in total. The number of aromatic nitrogens is 2. The van der Waals surface area contributed by atoms with Crippen LogP contribution in [0.2, 0.25) is 0 Å². The van der Waals surface area contributed by atoms with E-state index in [0.717, 1.165) is 27.5 Å². The molecule has 0 radical (unpaired) electrons. The first-order valence-electron chi connectivity index (χ1n) is 14.0. The van der Waals surface area contributed by atoms with Crippen LogP contribution in [0.4, 0.5) is 0 Å². The second kappa shape index (κ2) is 7.96. The van der Waals surface area contributed by atoms with E-state index in [1.54, 1.807) is 7.11 Å². The van der Waals surface area contributed by atoms with Crippen molar-refractivity contribution in [3.8, 4) is 28.3 Å². The van der Waals surface area contributed by atoms with E-state index in [1.807, 2.05) is 68.4 Å². The third-order valence-corrected chi connectivity index (χ3v) is 6.11. The van der Waals surface area contributed by atoms with Gasteiger partial charge in [0.05, 0.1) is 37.8 Å². The molecule has 5 aromatic carbocycles. The molecule has 0 aliphatic rings. The van der Waals surface area contributed by atoms with Crippen LogP contribution in [0.15, 0.2) is 90.9 Å². The van der Waals surface area contributed by atoms with Gasteiger partial charge in [0, 0.05) is 16.5 Å². The Morgan fingerprint density at radius 1 is 0.735 bits per heavy atom. The minimum atomic E-state index is -0.454. The lowest BCUT2D eigenvalue weighted by Crippen LogP contribution is -1.99. The number of hydrogen-bond acceptors (Lipinski definition) is 3. The highest BCUT2D eigenvalue weighted by molar-refractivity contribution is 5.99. The van der Waals surface area contributed by atoms with Gasteiger partial charge in [-0.15, -0.1) is 0 Å². The summed E-state index contributed by atoms with van der Waals surface area (Å²) in [5.74, 6) is 0.655. The van der Waals surface area contributed by atoms with Crippen molar-refractivity contribution in [3.05, 3.63) is 102 Å². The van der Waals surface area contributed by atoms with Gasteiger partial charge in [-0.25, -0.2) is 9.97 Å². The molecule has 3 nitrogen and oxygen atoms in total. The van der Waals surface area contributed by atoms with Gasteiger partial charge in [0.1, 0.15) is 5.75 Å². The van der Waals surface area contributed by atoms with Crippen molar-refractivity contribution in [3.63, 3.8) is 0 Å². The third-order valence-electron chi connectivity index (χ3n) is 6.11. The first-order valence-corrected chi connectivity index (χ1v) is 11.0. The van der Waals surface area contributed by atoms with Gasteiger partial charge in [-0.1, -0.05) is 66.6 Å². The molecule has 0 amide bonds. The number of hydrogen-bond donors (Lipinski definition) is 0. The molecule has 0 spiro atoms. The molecule has 0 atom stereocenters. The third kappa shape index (κ3) is 3.29. The number of ether oxygens (including phenoxy) is 1. The average molecular weight is 447 g/mol. The molecular formula is C31H24N2O. The topological polar surface area (TPSA) is 35.0 Å². The van der Waals surface area contributed by atoms with E-state index in [0.29, 0.717) is 22.7 Å². The summed E-state index contributed by atoms with van der Waals surface area (Å²) in [6.07, 6.45) is 0. The standard InChI is InChI=1S/C31H24N2O/c1-19-9-8-10-20(2)29(19)31-30(24-15-23-13-6-7-14-25(23)28(18-24)34-3)32-26-16-21-11-4-5-12-22(21)17-27(26)33-31/h4-18H,1-3H3/i4D,5D,11D,12D,16D,17D. The first kappa shape index (κ1) is 14.8. The van der Waals surface area contributed by atoms with Crippen molar-refractivity contribution in [2.24, 2.45) is 0 Å². The smallest absolute Gasteiger partial charge is 0.127 e. The van der Waals surface area contributed by atoms with Crippen molar-refractivity contribution < 1.29 is 13.0 Å². The monoisotopic (exact) mass is 446 g/mol. The highest BCUT2D eigenvalue weighted by atomic mass is 16.5. The van der Waals surface area contributed by atoms with Crippen LogP contribution in [0.5, 0.6) is 5.75 Å². The predicted molar refractivity (Wildman–Crippen MR) is 141 cm³/mol. The van der Waals surface area contributed by atoms with E-state index in [9.17, 15) is 0 Å². The normalized spacial score (nSPS) is 13.9. The van der Waals surface area contributed by atoms with Gasteiger partial charge in [0.15, 0.2) is 0 Å². The molecule has 0 unspecified atom stereocenters. The maximum Gasteiger partial charge on any atom is 0.127 e. The Labute approximate surface area is 207 Å². The van der Waals surface area contributed by atoms with Crippen LogP contribution in [0, 0.1) is 13.8 Å². The fraction of sp³-hybridized carbons (Fsp3) is 0.0968. The summed E-state index contributed by atoms with van der Waals surface area (Å²) in [6, 6.07) is 15.6. The fourth-order valence-corrected chi connectivity index (χ4v) is 4.49. The van der Waals surface area contributed by atoms with Gasteiger partial charge >= 0.3 is 0 Å². The Morgan fingerprint density at radius 3 is 2.06 bits per heavy atom. The molecule has 6 aromatic rings. The summed E-state index contributed by atoms with van der Waals surface area (Å²) >= 11 is 0. The first-order chi connectivity index (χ1) is 19.1. The lowest BCUT2D eigenvalue weighted by Gasteiger charge is -2.16. The SMILES string of the molecule is [2H]c1c([2H])c([2H])c2c([2H])c3nc(-c4c(C)cccc4C)c(-c4cc(OC)c5ccccc5c4)nc3c([2H])c2c1[2H]. The van der Waals surface area contributed by atoms with E-state index < -0.39 is 12.1 Å². The van der Waals surface area contributed by atoms with Crippen LogP contribution >= 0.6 is 0 Å². The summed E-state index contributed by atoms with van der Waals surface area (Å²) in [7, 11) is 1.61. The highest BCUT2D eigenvalue weighted by Crippen LogP contribution is 2.39. The van der Waals surface area contributed by atoms with Crippen molar-refractivity contribution in [2.75, 3.05) is 7.11 Å². The van der Waals surface area contributed by atoms with Gasteiger partial charge in [0.2, 0.25) is 0 Å². The Kier molecular flexibility index (Phi) is 3.47. The molecule has 0 aliphatic heterocycles. The van der Waals surface area contributed by atoms with E-state index in [4.69, 9.17) is 22.9 Å². The molecule has 1 heterocycles. The van der Waals surface area contributed by atoms with Gasteiger partial charge in [-0.2, -0.15) is 0 Å². The fourth-order valence-electron chi connectivity index (χ4n) is 4.49. The second-order valence-electron chi connectivity index (χ2n) is 8.28. The maximum atomic E-state index is 9.00. The zero-order valence-electron chi connectivity index (χ0n) is 25.0. The van der Waals surface area contributed by atoms with E-state index in [1.165, 1.54) is 0 Å². The Bertz CT molecular complexity index is 2020. The summed E-state index contributed by atoms with van der Waals surface area (Å²) in [5.41, 5.74) is 4.70. The summed E-state index contributed by atoms with van der Waals surface area (Å²) in [4.78, 5) is 9.89. The lowest BCUT2D eigenvalue weighted by molar-refractivity contribution is 0.420. The second-order valence-corrected chi connectivity index (χ2v) is 8.28. The van der Waals surface area contributed by atoms with Crippen LogP contribution in [0.1, 0.15) is 19.4 Å². The van der Waals surface area contributed by atoms with E-state index in [-0.39, 0.29) is 46.0 Å². The van der Waals surface area contributed by atoms with Crippen molar-refractivity contribution in [2.45, 2.75) is 13.8 Å². The number of rotatable bonds is 3. The average Bonchev–Trinajstić information content (AvgIpc) is 2.95. The molecule has 0 saturated carbocycles. The largest absolute Gasteiger partial charge is 0.496 e. The van der Waals surface area contributed by atoms with Gasteiger partial charge < -0.3 is 4.74 Å². The Balaban J connectivity index is 1.83. The van der Waals surface area contributed by atoms with E-state index in [2.05, 4.69) is 0 Å². The molecule has 0 fully saturated rings. The quantitative estimate of drug-likeness (QED) is 0.259. The van der Waals surface area contributed by atoms with Crippen LogP contribution in [-0.4, -0.2) is 17.1 Å². The van der Waals surface area contributed by atoms with Crippen LogP contribution in [-0.2, 0) is 0 Å². The summed E-state index contributed by atoms with van der Waals surface area (Å²) in [6.45, 7) is 3.96. The minimum absolute atomic E-state index is 0.0367. The van der Waals surface area contributed by atoms with Crippen molar-refractivity contribution in [1.29, 1.82) is 0 Å². The molecule has 3 heteroatoms. The van der Waals surface area contributed by atoms with Crippen molar-refractivity contribution >= 4 is 32.6 Å². The molecule has 0 saturated heterocycles. The number of aryl methyl sites for hydroxylation is 2. The zero-order valence-corrected chi connectivity index (χ0v) is 19.0. The van der Waals surface area contributed by atoms with E-state index >= 15 is 0 Å². The van der Waals surface area contributed by atoms with Crippen LogP contribution in [0.25, 0.3) is 55.1 Å². The number of nitrogens with zero attached hydrogens (tertiary/aromatic N) is 2. The van der Waals surface area contributed by atoms with Crippen LogP contribution < -0.4 is 4.74 Å². The Hall–Kier alpha value is -4.24. The molecule has 0 aliphatic carbocycles. The van der Waals surface area contributed by atoms with Crippen molar-refractivity contribution in [1.82, 2.24) is 9.97 Å². The molecule has 0 bridgehead atoms. The maximum absolute atomic E-state index is 9.00. The summed E-state index contributed by atoms with van der Waals surface area (Å²) in [5, 5.41) is 1.80. The Morgan fingerprint density at radius 2 is 1.38 bits per heavy atom. The molecule has 6 rings (SSSR count). The number of fused-ring (bicyclic) bond motifs is 3. The molecular weight excluding hydrogens is 416 g/mol. The lowest BCUT2D eigenvalue weighted by atomic mass is 9.94. The predicted octanol–water partition coefficient (Wildman–Crippen LogP) is 7.90. The highest BCUT2D eigenvalue weighted by Gasteiger charge is 2.18. The van der Waals surface area contributed by atoms with Gasteiger partial charge in [-0.3, -0.25) is 0 Å². The summed E-state index contributed by atoms with van der Waals surface area (Å²) < 4.78 is 56.9. The van der Waals surface area contributed by atoms with Crippen LogP contribution in [0.3, 0.4) is 0 Å². The number of methoxy groups -OCH3 is 1. The molecule has 34 heavy (non-hydrogen) atoms. The molecule has 1 aromatic heterocycles. The zero-order chi connectivity index (χ0) is 28.5. The van der Waals surface area contributed by atoms with Gasteiger partial charge in [0.25, 0.3) is 0 Å². The minimum Gasteiger partial charge on any atom is -0.496 e. The van der Waals surface area contributed by atoms with Gasteiger partial charge in [-0.05, 0) is 65.4 Å². The number of benzene rings is 5. The molecule has 164 valence electrons.